The molecule has 1 aromatic rings. The predicted molar refractivity (Wildman–Crippen MR) is 57.8 cm³/mol. The normalized spacial score (nSPS) is 9.13. The monoisotopic (exact) mass is 224 g/mol. The second-order valence-electron chi connectivity index (χ2n) is 2.72. The van der Waals surface area contributed by atoms with Crippen LogP contribution in [0.25, 0.3) is 10.4 Å². The van der Waals surface area contributed by atoms with Crippen LogP contribution in [-0.4, -0.2) is 19.0 Å². The second-order valence-corrected chi connectivity index (χ2v) is 3.16. The van der Waals surface area contributed by atoms with E-state index >= 15 is 0 Å². The van der Waals surface area contributed by atoms with E-state index in [4.69, 9.17) is 17.1 Å². The van der Waals surface area contributed by atoms with Crippen molar-refractivity contribution in [3.63, 3.8) is 0 Å². The van der Waals surface area contributed by atoms with Gasteiger partial charge in [0.1, 0.15) is 0 Å². The van der Waals surface area contributed by atoms with Crippen LogP contribution in [0.15, 0.2) is 29.4 Å². The van der Waals surface area contributed by atoms with E-state index in [1.807, 2.05) is 0 Å². The number of benzene rings is 1. The number of nitrogens with one attached hydrogen (secondary N) is 1. The van der Waals surface area contributed by atoms with Crippen LogP contribution in [0.4, 0.5) is 0 Å². The number of hydrogen-bond donors (Lipinski definition) is 1. The first-order valence-electron chi connectivity index (χ1n) is 4.28. The zero-order chi connectivity index (χ0) is 11.1. The summed E-state index contributed by atoms with van der Waals surface area (Å²) < 4.78 is 0. The summed E-state index contributed by atoms with van der Waals surface area (Å²) in [5.41, 5.74) is 8.50. The fourth-order valence-electron chi connectivity index (χ4n) is 0.996. The first-order chi connectivity index (χ1) is 7.24. The first kappa shape index (κ1) is 11.4. The summed E-state index contributed by atoms with van der Waals surface area (Å²) >= 11 is 5.73. The van der Waals surface area contributed by atoms with Crippen LogP contribution >= 0.6 is 11.6 Å². The number of halogens is 1. The molecule has 1 aromatic carbocycles. The lowest BCUT2D eigenvalue weighted by molar-refractivity contribution is 0.0955. The van der Waals surface area contributed by atoms with Gasteiger partial charge >= 0.3 is 0 Å². The molecule has 0 aliphatic heterocycles. The minimum absolute atomic E-state index is 0.231. The summed E-state index contributed by atoms with van der Waals surface area (Å²) in [5.74, 6) is -0.231. The Kier molecular flexibility index (Phi) is 4.47. The van der Waals surface area contributed by atoms with Crippen LogP contribution < -0.4 is 5.32 Å². The van der Waals surface area contributed by atoms with Gasteiger partial charge in [0.15, 0.2) is 0 Å². The van der Waals surface area contributed by atoms with Gasteiger partial charge in [0, 0.05) is 28.6 Å². The molecule has 0 atom stereocenters. The molecule has 5 nitrogen and oxygen atoms in total. The molecule has 6 heteroatoms. The Labute approximate surface area is 91.7 Å². The molecule has 0 saturated heterocycles. The van der Waals surface area contributed by atoms with E-state index in [2.05, 4.69) is 15.3 Å². The smallest absolute Gasteiger partial charge is 0.251 e. The van der Waals surface area contributed by atoms with Crippen LogP contribution in [0.2, 0.25) is 5.02 Å². The zero-order valence-electron chi connectivity index (χ0n) is 7.85. The molecule has 1 N–H and O–H groups in total. The molecule has 0 radical (unpaired) electrons. The number of carbonyl (C=O) groups is 1. The molecule has 0 heterocycles. The van der Waals surface area contributed by atoms with Crippen molar-refractivity contribution in [1.29, 1.82) is 0 Å². The van der Waals surface area contributed by atoms with Gasteiger partial charge < -0.3 is 5.32 Å². The van der Waals surface area contributed by atoms with Crippen molar-refractivity contribution in [2.75, 3.05) is 13.1 Å². The SMILES string of the molecule is [N-]=[N+]=NCCNC(=O)c1cccc(Cl)c1. The van der Waals surface area contributed by atoms with E-state index < -0.39 is 0 Å². The van der Waals surface area contributed by atoms with E-state index in [9.17, 15) is 4.79 Å². The van der Waals surface area contributed by atoms with Gasteiger partial charge in [-0.3, -0.25) is 4.79 Å². The number of carbonyl (C=O) groups excluding carboxylic acids is 1. The van der Waals surface area contributed by atoms with E-state index in [0.29, 0.717) is 17.1 Å². The number of nitrogens with zero attached hydrogens (tertiary/aromatic N) is 3. The van der Waals surface area contributed by atoms with Crippen molar-refractivity contribution in [3.05, 3.63) is 45.3 Å². The number of amides is 1. The molecule has 1 rings (SSSR count). The number of hydrogen-bond acceptors (Lipinski definition) is 2. The molecule has 0 fully saturated rings. The Morgan fingerprint density at radius 2 is 2.40 bits per heavy atom. The molecule has 15 heavy (non-hydrogen) atoms. The van der Waals surface area contributed by atoms with Crippen LogP contribution in [0.1, 0.15) is 10.4 Å². The van der Waals surface area contributed by atoms with Crippen LogP contribution in [-0.2, 0) is 0 Å². The lowest BCUT2D eigenvalue weighted by atomic mass is 10.2. The maximum absolute atomic E-state index is 11.5. The lowest BCUT2D eigenvalue weighted by Crippen LogP contribution is -2.25. The predicted octanol–water partition coefficient (Wildman–Crippen LogP) is 2.38. The van der Waals surface area contributed by atoms with Crippen molar-refractivity contribution in [2.24, 2.45) is 5.11 Å². The largest absolute Gasteiger partial charge is 0.352 e. The van der Waals surface area contributed by atoms with Gasteiger partial charge in [0.25, 0.3) is 5.91 Å². The fourth-order valence-corrected chi connectivity index (χ4v) is 1.19. The van der Waals surface area contributed by atoms with Gasteiger partial charge in [0.05, 0.1) is 0 Å². The van der Waals surface area contributed by atoms with E-state index in [0.717, 1.165) is 0 Å². The summed E-state index contributed by atoms with van der Waals surface area (Å²) in [7, 11) is 0. The maximum Gasteiger partial charge on any atom is 0.251 e. The lowest BCUT2D eigenvalue weighted by Gasteiger charge is -2.02. The average molecular weight is 225 g/mol. The summed E-state index contributed by atoms with van der Waals surface area (Å²) in [6.45, 7) is 0.554. The number of rotatable bonds is 4. The summed E-state index contributed by atoms with van der Waals surface area (Å²) in [4.78, 5) is 14.0. The third-order valence-corrected chi connectivity index (χ3v) is 1.88. The quantitative estimate of drug-likeness (QED) is 0.362. The molecule has 1 amide bonds. The summed E-state index contributed by atoms with van der Waals surface area (Å²) in [6, 6.07) is 6.63. The summed E-state index contributed by atoms with van der Waals surface area (Å²) in [5, 5.41) is 6.41. The third-order valence-electron chi connectivity index (χ3n) is 1.65. The molecule has 0 bridgehead atoms. The molecule has 78 valence electrons. The molecule has 0 saturated carbocycles. The highest BCUT2D eigenvalue weighted by atomic mass is 35.5. The van der Waals surface area contributed by atoms with E-state index in [-0.39, 0.29) is 12.5 Å². The Balaban J connectivity index is 2.50. The van der Waals surface area contributed by atoms with Gasteiger partial charge in [-0.15, -0.1) is 0 Å². The third kappa shape index (κ3) is 3.89. The average Bonchev–Trinajstić information content (AvgIpc) is 2.24. The van der Waals surface area contributed by atoms with E-state index in [1.54, 1.807) is 24.3 Å². The first-order valence-corrected chi connectivity index (χ1v) is 4.66. The Bertz CT molecular complexity index is 401. The molecule has 0 spiro atoms. The highest BCUT2D eigenvalue weighted by Gasteiger charge is 2.03. The van der Waals surface area contributed by atoms with Crippen LogP contribution in [0.3, 0.4) is 0 Å². The van der Waals surface area contributed by atoms with Crippen LogP contribution in [0.5, 0.6) is 0 Å². The molecule has 0 aliphatic carbocycles. The highest BCUT2D eigenvalue weighted by Crippen LogP contribution is 2.10. The molecular formula is C9H9ClN4O. The molecule has 0 unspecified atom stereocenters. The van der Waals surface area contributed by atoms with Gasteiger partial charge in [-0.1, -0.05) is 22.8 Å². The maximum atomic E-state index is 11.5. The minimum atomic E-state index is -0.231. The van der Waals surface area contributed by atoms with Crippen LogP contribution in [0, 0.1) is 0 Å². The van der Waals surface area contributed by atoms with Crippen molar-refractivity contribution < 1.29 is 4.79 Å². The Morgan fingerprint density at radius 1 is 1.60 bits per heavy atom. The van der Waals surface area contributed by atoms with Gasteiger partial charge in [-0.2, -0.15) is 0 Å². The Hall–Kier alpha value is -1.71. The zero-order valence-corrected chi connectivity index (χ0v) is 8.61. The fraction of sp³-hybridized carbons (Fsp3) is 0.222. The minimum Gasteiger partial charge on any atom is -0.352 e. The van der Waals surface area contributed by atoms with Crippen molar-refractivity contribution in [2.45, 2.75) is 0 Å². The second kappa shape index (κ2) is 5.90. The molecular weight excluding hydrogens is 216 g/mol. The van der Waals surface area contributed by atoms with Crippen molar-refractivity contribution in [3.8, 4) is 0 Å². The van der Waals surface area contributed by atoms with Gasteiger partial charge in [0.2, 0.25) is 0 Å². The highest BCUT2D eigenvalue weighted by molar-refractivity contribution is 6.30. The molecule has 0 aliphatic rings. The van der Waals surface area contributed by atoms with Crippen molar-refractivity contribution >= 4 is 17.5 Å². The van der Waals surface area contributed by atoms with Gasteiger partial charge in [-0.25, -0.2) is 0 Å². The van der Waals surface area contributed by atoms with Crippen molar-refractivity contribution in [1.82, 2.24) is 5.32 Å². The van der Waals surface area contributed by atoms with E-state index in [1.165, 1.54) is 0 Å². The Morgan fingerprint density at radius 3 is 3.07 bits per heavy atom. The summed E-state index contributed by atoms with van der Waals surface area (Å²) in [6.07, 6.45) is 0. The number of azide groups is 1. The standard InChI is InChI=1S/C9H9ClN4O/c10-8-3-1-2-7(6-8)9(15)12-4-5-13-14-11/h1-3,6H,4-5H2,(H,12,15). The molecule has 0 aromatic heterocycles. The topological polar surface area (TPSA) is 77.9 Å². The van der Waals surface area contributed by atoms with Gasteiger partial charge in [-0.05, 0) is 23.7 Å².